The van der Waals surface area contributed by atoms with E-state index in [2.05, 4.69) is 40.0 Å². The molecule has 0 aliphatic carbocycles. The van der Waals surface area contributed by atoms with E-state index in [0.29, 0.717) is 12.2 Å². The van der Waals surface area contributed by atoms with E-state index in [0.717, 1.165) is 65.7 Å². The average molecular weight is 437 g/mol. The Kier molecular flexibility index (Phi) is 13.3. The monoisotopic (exact) mass is 436 g/mol. The molecule has 0 N–H and O–H groups in total. The van der Waals surface area contributed by atoms with Gasteiger partial charge in [0.25, 0.3) is 0 Å². The van der Waals surface area contributed by atoms with Crippen LogP contribution in [0.1, 0.15) is 26.7 Å². The fourth-order valence-corrected chi connectivity index (χ4v) is 6.73. The van der Waals surface area contributed by atoms with Crippen molar-refractivity contribution in [2.75, 3.05) is 52.9 Å². The van der Waals surface area contributed by atoms with E-state index in [9.17, 15) is 0 Å². The molecule has 0 amide bonds. The third-order valence-electron chi connectivity index (χ3n) is 4.62. The summed E-state index contributed by atoms with van der Waals surface area (Å²) in [4.78, 5) is 0. The van der Waals surface area contributed by atoms with Gasteiger partial charge in [0, 0.05) is 26.4 Å². The molecule has 28 heavy (non-hydrogen) atoms. The SMILES string of the molecule is CCO[Si](C)(C)CCCOCC1CO1.CCO[Si](C)(C)CCCOCC1CO1. The number of hydrogen-bond donors (Lipinski definition) is 0. The fraction of sp³-hybridized carbons (Fsp3) is 1.00. The van der Waals surface area contributed by atoms with Gasteiger partial charge >= 0.3 is 0 Å². The van der Waals surface area contributed by atoms with Crippen LogP contribution in [0.3, 0.4) is 0 Å². The van der Waals surface area contributed by atoms with Crippen molar-refractivity contribution in [3.05, 3.63) is 0 Å². The third-order valence-corrected chi connectivity index (χ3v) is 9.87. The second kappa shape index (κ2) is 14.2. The molecule has 2 rings (SSSR count). The van der Waals surface area contributed by atoms with Gasteiger partial charge in [-0.2, -0.15) is 0 Å². The zero-order valence-corrected chi connectivity index (χ0v) is 21.1. The van der Waals surface area contributed by atoms with E-state index in [1.165, 1.54) is 12.1 Å². The molecule has 2 aliphatic rings. The number of hydrogen-bond acceptors (Lipinski definition) is 6. The van der Waals surface area contributed by atoms with Gasteiger partial charge in [0.05, 0.1) is 26.4 Å². The van der Waals surface area contributed by atoms with Crippen molar-refractivity contribution >= 4 is 16.6 Å². The van der Waals surface area contributed by atoms with Crippen LogP contribution in [0.25, 0.3) is 0 Å². The molecular formula is C20H44O6Si2. The highest BCUT2D eigenvalue weighted by molar-refractivity contribution is 6.71. The zero-order valence-electron chi connectivity index (χ0n) is 19.1. The van der Waals surface area contributed by atoms with E-state index >= 15 is 0 Å². The topological polar surface area (TPSA) is 62.0 Å². The summed E-state index contributed by atoms with van der Waals surface area (Å²) < 4.78 is 32.5. The first-order valence-corrected chi connectivity index (χ1v) is 17.2. The summed E-state index contributed by atoms with van der Waals surface area (Å²) in [5, 5.41) is 0. The highest BCUT2D eigenvalue weighted by Gasteiger charge is 2.24. The molecule has 2 saturated heterocycles. The van der Waals surface area contributed by atoms with Crippen molar-refractivity contribution in [2.24, 2.45) is 0 Å². The maximum absolute atomic E-state index is 5.73. The smallest absolute Gasteiger partial charge is 0.186 e. The van der Waals surface area contributed by atoms with Crippen LogP contribution in [-0.2, 0) is 27.8 Å². The minimum absolute atomic E-state index is 0.396. The zero-order chi connectivity index (χ0) is 20.9. The summed E-state index contributed by atoms with van der Waals surface area (Å²) in [5.74, 6) is 0. The predicted octanol–water partition coefficient (Wildman–Crippen LogP) is 4.07. The molecule has 0 bridgehead atoms. The van der Waals surface area contributed by atoms with Crippen LogP contribution in [-0.4, -0.2) is 81.7 Å². The molecular weight excluding hydrogens is 392 g/mol. The summed E-state index contributed by atoms with van der Waals surface area (Å²) in [6, 6.07) is 2.37. The van der Waals surface area contributed by atoms with Crippen molar-refractivity contribution in [3.63, 3.8) is 0 Å². The standard InChI is InChI=1S/2C10H22O3Si/c2*1-4-13-14(2,3)7-5-6-11-8-10-9-12-10/h2*10H,4-9H2,1-3H3. The first kappa shape index (κ1) is 26.2. The van der Waals surface area contributed by atoms with Gasteiger partial charge in [0.15, 0.2) is 16.6 Å². The molecule has 2 atom stereocenters. The highest BCUT2D eigenvalue weighted by Crippen LogP contribution is 2.15. The van der Waals surface area contributed by atoms with E-state index in [1.807, 2.05) is 0 Å². The van der Waals surface area contributed by atoms with Gasteiger partial charge in [0.1, 0.15) is 12.2 Å². The molecule has 2 fully saturated rings. The molecule has 168 valence electrons. The Hall–Kier alpha value is 0.194. The van der Waals surface area contributed by atoms with Gasteiger partial charge in [-0.25, -0.2) is 0 Å². The van der Waals surface area contributed by atoms with Gasteiger partial charge < -0.3 is 27.8 Å². The van der Waals surface area contributed by atoms with Crippen LogP contribution in [0.2, 0.25) is 38.3 Å². The van der Waals surface area contributed by atoms with Gasteiger partial charge in [-0.3, -0.25) is 0 Å². The molecule has 0 spiro atoms. The van der Waals surface area contributed by atoms with E-state index in [1.54, 1.807) is 0 Å². The molecule has 2 aliphatic heterocycles. The minimum atomic E-state index is -1.38. The summed E-state index contributed by atoms with van der Waals surface area (Å²) >= 11 is 0. The fourth-order valence-electron chi connectivity index (χ4n) is 2.88. The quantitative estimate of drug-likeness (QED) is 0.206. The van der Waals surface area contributed by atoms with E-state index in [4.69, 9.17) is 27.8 Å². The van der Waals surface area contributed by atoms with E-state index in [-0.39, 0.29) is 0 Å². The summed E-state index contributed by atoms with van der Waals surface area (Å²) in [5.41, 5.74) is 0. The van der Waals surface area contributed by atoms with Crippen molar-refractivity contribution in [1.29, 1.82) is 0 Å². The molecule has 0 saturated carbocycles. The molecule has 6 nitrogen and oxygen atoms in total. The predicted molar refractivity (Wildman–Crippen MR) is 118 cm³/mol. The summed E-state index contributed by atoms with van der Waals surface area (Å²) in [6.45, 7) is 19.9. The third kappa shape index (κ3) is 16.0. The minimum Gasteiger partial charge on any atom is -0.418 e. The lowest BCUT2D eigenvalue weighted by Gasteiger charge is -2.21. The maximum atomic E-state index is 5.73. The molecule has 0 radical (unpaired) electrons. The first-order chi connectivity index (χ1) is 13.3. The van der Waals surface area contributed by atoms with Gasteiger partial charge in [-0.05, 0) is 65.0 Å². The second-order valence-electron chi connectivity index (χ2n) is 8.65. The Morgan fingerprint density at radius 1 is 0.714 bits per heavy atom. The largest absolute Gasteiger partial charge is 0.418 e. The Labute approximate surface area is 174 Å². The number of epoxide rings is 2. The lowest BCUT2D eigenvalue weighted by Crippen LogP contribution is -2.30. The van der Waals surface area contributed by atoms with Crippen LogP contribution in [0.15, 0.2) is 0 Å². The van der Waals surface area contributed by atoms with Crippen LogP contribution < -0.4 is 0 Å². The van der Waals surface area contributed by atoms with Gasteiger partial charge in [-0.15, -0.1) is 0 Å². The lowest BCUT2D eigenvalue weighted by molar-refractivity contribution is 0.116. The van der Waals surface area contributed by atoms with Gasteiger partial charge in [0.2, 0.25) is 0 Å². The van der Waals surface area contributed by atoms with Crippen LogP contribution in [0, 0.1) is 0 Å². The molecule has 0 aromatic carbocycles. The molecule has 2 unspecified atom stereocenters. The van der Waals surface area contributed by atoms with Crippen molar-refractivity contribution in [3.8, 4) is 0 Å². The summed E-state index contributed by atoms with van der Waals surface area (Å²) in [6.07, 6.45) is 3.03. The Morgan fingerprint density at radius 3 is 1.36 bits per heavy atom. The molecule has 0 aromatic rings. The highest BCUT2D eigenvalue weighted by atomic mass is 28.4. The summed E-state index contributed by atoms with van der Waals surface area (Å²) in [7, 11) is -2.75. The first-order valence-electron chi connectivity index (χ1n) is 10.9. The Bertz CT molecular complexity index is 351. The normalized spacial score (nSPS) is 21.2. The van der Waals surface area contributed by atoms with Gasteiger partial charge in [-0.1, -0.05) is 0 Å². The molecule has 2 heterocycles. The van der Waals surface area contributed by atoms with Crippen LogP contribution in [0.5, 0.6) is 0 Å². The van der Waals surface area contributed by atoms with Crippen molar-refractivity contribution in [2.45, 2.75) is 77.2 Å². The van der Waals surface area contributed by atoms with Crippen LogP contribution in [0.4, 0.5) is 0 Å². The van der Waals surface area contributed by atoms with Crippen LogP contribution >= 0.6 is 0 Å². The van der Waals surface area contributed by atoms with Crippen molar-refractivity contribution in [1.82, 2.24) is 0 Å². The average Bonchev–Trinajstić information content (AvgIpc) is 3.50. The Balaban J connectivity index is 0.000000280. The number of ether oxygens (including phenoxy) is 4. The van der Waals surface area contributed by atoms with Crippen molar-refractivity contribution < 1.29 is 27.8 Å². The molecule has 0 aromatic heterocycles. The van der Waals surface area contributed by atoms with E-state index < -0.39 is 16.6 Å². The number of rotatable bonds is 16. The second-order valence-corrected chi connectivity index (χ2v) is 17.3. The lowest BCUT2D eigenvalue weighted by atomic mass is 10.5. The Morgan fingerprint density at radius 2 is 1.07 bits per heavy atom. The molecule has 8 heteroatoms. The maximum Gasteiger partial charge on any atom is 0.186 e.